The third-order valence-corrected chi connectivity index (χ3v) is 4.28. The number of piperidine rings is 1. The lowest BCUT2D eigenvalue weighted by Gasteiger charge is -2.39. The molecule has 2 aliphatic rings. The standard InChI is InChI=1S/C13H24N2O2/c1-3-10-9-15(7-5-11(10)14)12(16)13(2)6-4-8-17-13/h10-11H,3-9,14H2,1-2H3. The highest BCUT2D eigenvalue weighted by Crippen LogP contribution is 2.29. The average Bonchev–Trinajstić information content (AvgIpc) is 2.77. The smallest absolute Gasteiger partial charge is 0.254 e. The molecule has 2 N–H and O–H groups in total. The summed E-state index contributed by atoms with van der Waals surface area (Å²) in [5.41, 5.74) is 5.50. The second-order valence-corrected chi connectivity index (χ2v) is 5.55. The van der Waals surface area contributed by atoms with Crippen LogP contribution in [0.5, 0.6) is 0 Å². The van der Waals surface area contributed by atoms with Gasteiger partial charge in [0.15, 0.2) is 0 Å². The molecule has 2 fully saturated rings. The SMILES string of the molecule is CCC1CN(C(=O)C2(C)CCCO2)CCC1N. The molecule has 0 spiro atoms. The highest BCUT2D eigenvalue weighted by Gasteiger charge is 2.42. The number of hydrogen-bond acceptors (Lipinski definition) is 3. The predicted octanol–water partition coefficient (Wildman–Crippen LogP) is 1.14. The number of rotatable bonds is 2. The van der Waals surface area contributed by atoms with Gasteiger partial charge in [-0.15, -0.1) is 0 Å². The topological polar surface area (TPSA) is 55.6 Å². The molecule has 0 aliphatic carbocycles. The average molecular weight is 240 g/mol. The summed E-state index contributed by atoms with van der Waals surface area (Å²) in [5.74, 6) is 0.609. The van der Waals surface area contributed by atoms with E-state index in [-0.39, 0.29) is 11.9 Å². The van der Waals surface area contributed by atoms with Gasteiger partial charge in [-0.1, -0.05) is 13.3 Å². The van der Waals surface area contributed by atoms with Crippen LogP contribution in [0.15, 0.2) is 0 Å². The monoisotopic (exact) mass is 240 g/mol. The lowest BCUT2D eigenvalue weighted by atomic mass is 9.89. The Labute approximate surface area is 103 Å². The van der Waals surface area contributed by atoms with E-state index in [1.165, 1.54) is 0 Å². The van der Waals surface area contributed by atoms with Crippen LogP contribution >= 0.6 is 0 Å². The molecule has 0 aromatic heterocycles. The summed E-state index contributed by atoms with van der Waals surface area (Å²) in [6.07, 6.45) is 3.81. The molecule has 4 nitrogen and oxygen atoms in total. The van der Waals surface area contributed by atoms with Crippen molar-refractivity contribution in [2.45, 2.75) is 51.2 Å². The Kier molecular flexibility index (Phi) is 3.73. The molecule has 0 bridgehead atoms. The number of ether oxygens (including phenoxy) is 1. The van der Waals surface area contributed by atoms with Crippen molar-refractivity contribution >= 4 is 5.91 Å². The van der Waals surface area contributed by atoms with E-state index in [9.17, 15) is 4.79 Å². The maximum absolute atomic E-state index is 12.5. The molecule has 0 radical (unpaired) electrons. The molecule has 0 saturated carbocycles. The molecule has 3 unspecified atom stereocenters. The van der Waals surface area contributed by atoms with E-state index in [0.717, 1.165) is 38.8 Å². The first-order chi connectivity index (χ1) is 8.07. The molecule has 4 heteroatoms. The molecular formula is C13H24N2O2. The number of carbonyl (C=O) groups is 1. The number of amides is 1. The Hall–Kier alpha value is -0.610. The fourth-order valence-corrected chi connectivity index (χ4v) is 2.95. The molecule has 2 rings (SSSR count). The summed E-state index contributed by atoms with van der Waals surface area (Å²) in [6.45, 7) is 6.38. The third-order valence-electron chi connectivity index (χ3n) is 4.28. The summed E-state index contributed by atoms with van der Waals surface area (Å²) < 4.78 is 5.63. The van der Waals surface area contributed by atoms with E-state index < -0.39 is 5.60 Å². The molecule has 0 aromatic rings. The van der Waals surface area contributed by atoms with Crippen molar-refractivity contribution in [3.05, 3.63) is 0 Å². The van der Waals surface area contributed by atoms with Crippen LogP contribution in [0.2, 0.25) is 0 Å². The number of likely N-dealkylation sites (tertiary alicyclic amines) is 1. The van der Waals surface area contributed by atoms with Gasteiger partial charge >= 0.3 is 0 Å². The van der Waals surface area contributed by atoms with E-state index >= 15 is 0 Å². The second-order valence-electron chi connectivity index (χ2n) is 5.55. The van der Waals surface area contributed by atoms with Crippen molar-refractivity contribution in [1.29, 1.82) is 0 Å². The Bertz CT molecular complexity index is 287. The fraction of sp³-hybridized carbons (Fsp3) is 0.923. The summed E-state index contributed by atoms with van der Waals surface area (Å²) in [5, 5.41) is 0. The zero-order valence-electron chi connectivity index (χ0n) is 10.9. The second kappa shape index (κ2) is 4.94. The maximum atomic E-state index is 12.5. The summed E-state index contributed by atoms with van der Waals surface area (Å²) in [7, 11) is 0. The quantitative estimate of drug-likeness (QED) is 0.787. The Morgan fingerprint density at radius 3 is 2.94 bits per heavy atom. The lowest BCUT2D eigenvalue weighted by Crippen LogP contribution is -2.54. The molecule has 2 heterocycles. The van der Waals surface area contributed by atoms with E-state index in [1.54, 1.807) is 0 Å². The van der Waals surface area contributed by atoms with Gasteiger partial charge in [-0.25, -0.2) is 0 Å². The first-order valence-corrected chi connectivity index (χ1v) is 6.76. The van der Waals surface area contributed by atoms with Crippen molar-refractivity contribution in [1.82, 2.24) is 4.90 Å². The third kappa shape index (κ3) is 2.47. The van der Waals surface area contributed by atoms with Crippen LogP contribution in [0.1, 0.15) is 39.5 Å². The van der Waals surface area contributed by atoms with Gasteiger partial charge in [-0.3, -0.25) is 4.79 Å². The molecule has 3 atom stereocenters. The largest absolute Gasteiger partial charge is 0.365 e. The van der Waals surface area contributed by atoms with Crippen molar-refractivity contribution in [2.75, 3.05) is 19.7 Å². The zero-order valence-corrected chi connectivity index (χ0v) is 10.9. The van der Waals surface area contributed by atoms with Crippen LogP contribution < -0.4 is 5.73 Å². The summed E-state index contributed by atoms with van der Waals surface area (Å²) in [6, 6.07) is 0.251. The Morgan fingerprint density at radius 2 is 2.35 bits per heavy atom. The minimum Gasteiger partial charge on any atom is -0.365 e. The molecule has 0 aromatic carbocycles. The number of hydrogen-bond donors (Lipinski definition) is 1. The van der Waals surface area contributed by atoms with E-state index in [1.807, 2.05) is 11.8 Å². The van der Waals surface area contributed by atoms with Gasteiger partial charge in [-0.05, 0) is 32.1 Å². The fourth-order valence-electron chi connectivity index (χ4n) is 2.95. The van der Waals surface area contributed by atoms with E-state index in [4.69, 9.17) is 10.5 Å². The van der Waals surface area contributed by atoms with Crippen molar-refractivity contribution in [3.63, 3.8) is 0 Å². The number of nitrogens with two attached hydrogens (primary N) is 1. The molecular weight excluding hydrogens is 216 g/mol. The summed E-state index contributed by atoms with van der Waals surface area (Å²) in [4.78, 5) is 14.4. The minimum absolute atomic E-state index is 0.167. The van der Waals surface area contributed by atoms with Crippen LogP contribution in [-0.4, -0.2) is 42.1 Å². The predicted molar refractivity (Wildman–Crippen MR) is 66.5 cm³/mol. The first-order valence-electron chi connectivity index (χ1n) is 6.76. The van der Waals surface area contributed by atoms with Gasteiger partial charge in [0.2, 0.25) is 0 Å². The Morgan fingerprint density at radius 1 is 1.59 bits per heavy atom. The van der Waals surface area contributed by atoms with Gasteiger partial charge in [0.05, 0.1) is 0 Å². The number of carbonyl (C=O) groups excluding carboxylic acids is 1. The highest BCUT2D eigenvalue weighted by atomic mass is 16.5. The van der Waals surface area contributed by atoms with Crippen molar-refractivity contribution in [2.24, 2.45) is 11.7 Å². The van der Waals surface area contributed by atoms with Crippen LogP contribution in [0.4, 0.5) is 0 Å². The Balaban J connectivity index is 2.00. The van der Waals surface area contributed by atoms with E-state index in [2.05, 4.69) is 6.92 Å². The van der Waals surface area contributed by atoms with Gasteiger partial charge in [0.25, 0.3) is 5.91 Å². The van der Waals surface area contributed by atoms with Crippen LogP contribution in [0.3, 0.4) is 0 Å². The van der Waals surface area contributed by atoms with Crippen LogP contribution in [-0.2, 0) is 9.53 Å². The highest BCUT2D eigenvalue weighted by molar-refractivity contribution is 5.85. The molecule has 2 saturated heterocycles. The molecule has 17 heavy (non-hydrogen) atoms. The molecule has 2 aliphatic heterocycles. The number of nitrogens with zero attached hydrogens (tertiary/aromatic N) is 1. The molecule has 98 valence electrons. The maximum Gasteiger partial charge on any atom is 0.254 e. The normalized spacial score (nSPS) is 38.4. The van der Waals surface area contributed by atoms with Crippen LogP contribution in [0.25, 0.3) is 0 Å². The van der Waals surface area contributed by atoms with Gasteiger partial charge in [-0.2, -0.15) is 0 Å². The van der Waals surface area contributed by atoms with Crippen molar-refractivity contribution in [3.8, 4) is 0 Å². The lowest BCUT2D eigenvalue weighted by molar-refractivity contribution is -0.153. The van der Waals surface area contributed by atoms with Crippen LogP contribution in [0, 0.1) is 5.92 Å². The van der Waals surface area contributed by atoms with Gasteiger partial charge in [0, 0.05) is 25.7 Å². The van der Waals surface area contributed by atoms with Gasteiger partial charge < -0.3 is 15.4 Å². The molecule has 1 amide bonds. The first kappa shape index (κ1) is 12.8. The minimum atomic E-state index is -0.570. The summed E-state index contributed by atoms with van der Waals surface area (Å²) >= 11 is 0. The van der Waals surface area contributed by atoms with Gasteiger partial charge in [0.1, 0.15) is 5.60 Å². The van der Waals surface area contributed by atoms with E-state index in [0.29, 0.717) is 12.5 Å². The van der Waals surface area contributed by atoms with Crippen molar-refractivity contribution < 1.29 is 9.53 Å². The zero-order chi connectivity index (χ0) is 12.5.